The molecule has 2 aromatic carbocycles. The molecule has 22 heavy (non-hydrogen) atoms. The number of halogens is 1. The van der Waals surface area contributed by atoms with Gasteiger partial charge in [0.15, 0.2) is 5.82 Å². The minimum atomic E-state index is 0.416. The van der Waals surface area contributed by atoms with Gasteiger partial charge < -0.3 is 0 Å². The number of hydrogen-bond acceptors (Lipinski definition) is 3. The highest BCUT2D eigenvalue weighted by Gasteiger charge is 2.11. The van der Waals surface area contributed by atoms with Crippen molar-refractivity contribution in [1.29, 1.82) is 0 Å². The third-order valence-electron chi connectivity index (χ3n) is 3.27. The van der Waals surface area contributed by atoms with E-state index in [1.165, 1.54) is 0 Å². The second-order valence-electron chi connectivity index (χ2n) is 4.75. The number of aromatic nitrogens is 3. The van der Waals surface area contributed by atoms with Crippen molar-refractivity contribution in [2.75, 3.05) is 0 Å². The first-order valence-electron chi connectivity index (χ1n) is 6.69. The summed E-state index contributed by atoms with van der Waals surface area (Å²) < 4.78 is 1.99. The summed E-state index contributed by atoms with van der Waals surface area (Å²) >= 11 is 11.5. The van der Waals surface area contributed by atoms with E-state index in [1.54, 1.807) is 10.9 Å². The average molecular weight is 329 g/mol. The maximum atomic E-state index is 6.23. The van der Waals surface area contributed by atoms with E-state index in [4.69, 9.17) is 23.8 Å². The molecule has 0 radical (unpaired) electrons. The quantitative estimate of drug-likeness (QED) is 0.570. The molecule has 6 heteroatoms. The van der Waals surface area contributed by atoms with E-state index in [-0.39, 0.29) is 0 Å². The van der Waals surface area contributed by atoms with Crippen LogP contribution in [0.4, 0.5) is 0 Å². The lowest BCUT2D eigenvalue weighted by atomic mass is 10.1. The van der Waals surface area contributed by atoms with Crippen molar-refractivity contribution in [3.05, 3.63) is 69.5 Å². The fourth-order valence-electron chi connectivity index (χ4n) is 2.07. The molecular formula is C16H13ClN4S. The summed E-state index contributed by atoms with van der Waals surface area (Å²) in [5.41, 5.74) is 2.94. The van der Waals surface area contributed by atoms with Crippen LogP contribution in [0, 0.1) is 11.7 Å². The lowest BCUT2D eigenvalue weighted by molar-refractivity contribution is 0.871. The summed E-state index contributed by atoms with van der Waals surface area (Å²) in [7, 11) is 0. The molecule has 0 spiro atoms. The largest absolute Gasteiger partial charge is 0.250 e. The van der Waals surface area contributed by atoms with Crippen LogP contribution in [0.15, 0.2) is 53.6 Å². The molecule has 0 unspecified atom stereocenters. The third kappa shape index (κ3) is 2.86. The first-order chi connectivity index (χ1) is 10.7. The second kappa shape index (κ2) is 6.25. The van der Waals surface area contributed by atoms with E-state index in [0.29, 0.717) is 15.6 Å². The molecule has 3 aromatic rings. The van der Waals surface area contributed by atoms with Crippen LogP contribution in [-0.4, -0.2) is 21.1 Å². The van der Waals surface area contributed by atoms with Crippen LogP contribution in [0.1, 0.15) is 11.1 Å². The second-order valence-corrected chi connectivity index (χ2v) is 5.54. The minimum absolute atomic E-state index is 0.416. The van der Waals surface area contributed by atoms with Crippen molar-refractivity contribution in [2.45, 2.75) is 6.92 Å². The molecule has 1 N–H and O–H groups in total. The van der Waals surface area contributed by atoms with Crippen LogP contribution in [0.25, 0.3) is 11.4 Å². The van der Waals surface area contributed by atoms with E-state index in [1.807, 2.05) is 55.5 Å². The molecule has 0 amide bonds. The molecule has 0 saturated heterocycles. The molecule has 3 rings (SSSR count). The van der Waals surface area contributed by atoms with E-state index >= 15 is 0 Å². The highest BCUT2D eigenvalue weighted by atomic mass is 35.5. The molecule has 1 heterocycles. The van der Waals surface area contributed by atoms with Crippen molar-refractivity contribution in [1.82, 2.24) is 14.9 Å². The number of aromatic amines is 1. The molecule has 0 atom stereocenters. The number of hydrogen-bond donors (Lipinski definition) is 1. The van der Waals surface area contributed by atoms with Gasteiger partial charge in [0.2, 0.25) is 4.77 Å². The van der Waals surface area contributed by atoms with E-state index in [9.17, 15) is 0 Å². The molecule has 0 fully saturated rings. The Balaban J connectivity index is 2.06. The van der Waals surface area contributed by atoms with Gasteiger partial charge in [-0.05, 0) is 42.4 Å². The van der Waals surface area contributed by atoms with Gasteiger partial charge in [0.25, 0.3) is 0 Å². The van der Waals surface area contributed by atoms with Gasteiger partial charge in [0, 0.05) is 5.56 Å². The van der Waals surface area contributed by atoms with Crippen LogP contribution in [0.2, 0.25) is 5.02 Å². The zero-order valence-electron chi connectivity index (χ0n) is 11.8. The monoisotopic (exact) mass is 328 g/mol. The Morgan fingerprint density at radius 3 is 2.68 bits per heavy atom. The fraction of sp³-hybridized carbons (Fsp3) is 0.0625. The first-order valence-corrected chi connectivity index (χ1v) is 7.48. The van der Waals surface area contributed by atoms with Crippen LogP contribution in [-0.2, 0) is 0 Å². The summed E-state index contributed by atoms with van der Waals surface area (Å²) in [6, 6.07) is 15.4. The molecule has 0 aliphatic rings. The Bertz CT molecular complexity index is 895. The number of aryl methyl sites for hydroxylation is 1. The average Bonchev–Trinajstić information content (AvgIpc) is 2.88. The Morgan fingerprint density at radius 2 is 1.91 bits per heavy atom. The van der Waals surface area contributed by atoms with Crippen molar-refractivity contribution < 1.29 is 0 Å². The standard InChI is InChI=1S/C16H13ClN4S/c1-11-6-2-3-7-12(11)10-18-21-15(19-20-16(21)22)13-8-4-5-9-14(13)17/h2-10H,1H3,(H,20,22). The summed E-state index contributed by atoms with van der Waals surface area (Å²) in [5, 5.41) is 12.0. The van der Waals surface area contributed by atoms with Crippen LogP contribution in [0.3, 0.4) is 0 Å². The van der Waals surface area contributed by atoms with E-state index < -0.39 is 0 Å². The maximum absolute atomic E-state index is 6.23. The molecule has 0 aliphatic carbocycles. The lowest BCUT2D eigenvalue weighted by Gasteiger charge is -2.03. The van der Waals surface area contributed by atoms with Crippen LogP contribution >= 0.6 is 23.8 Å². The Morgan fingerprint density at radius 1 is 1.18 bits per heavy atom. The Hall–Kier alpha value is -2.24. The first kappa shape index (κ1) is 14.7. The molecular weight excluding hydrogens is 316 g/mol. The molecule has 0 bridgehead atoms. The van der Waals surface area contributed by atoms with Crippen molar-refractivity contribution in [3.63, 3.8) is 0 Å². The lowest BCUT2D eigenvalue weighted by Crippen LogP contribution is -1.96. The van der Waals surface area contributed by atoms with Crippen LogP contribution < -0.4 is 0 Å². The van der Waals surface area contributed by atoms with Gasteiger partial charge >= 0.3 is 0 Å². The van der Waals surface area contributed by atoms with Gasteiger partial charge in [-0.2, -0.15) is 14.9 Å². The van der Waals surface area contributed by atoms with Crippen molar-refractivity contribution in [2.24, 2.45) is 5.10 Å². The number of benzene rings is 2. The van der Waals surface area contributed by atoms with Crippen LogP contribution in [0.5, 0.6) is 0 Å². The topological polar surface area (TPSA) is 46.0 Å². The van der Waals surface area contributed by atoms with Crippen molar-refractivity contribution in [3.8, 4) is 11.4 Å². The minimum Gasteiger partial charge on any atom is -0.250 e. The van der Waals surface area contributed by atoms with Gasteiger partial charge in [0.05, 0.1) is 11.2 Å². The van der Waals surface area contributed by atoms with E-state index in [0.717, 1.165) is 16.7 Å². The van der Waals surface area contributed by atoms with Gasteiger partial charge in [-0.25, -0.2) is 5.10 Å². The maximum Gasteiger partial charge on any atom is 0.216 e. The zero-order chi connectivity index (χ0) is 15.5. The number of rotatable bonds is 3. The number of nitrogens with one attached hydrogen (secondary N) is 1. The van der Waals surface area contributed by atoms with Gasteiger partial charge in [-0.15, -0.1) is 0 Å². The predicted molar refractivity (Wildman–Crippen MR) is 92.0 cm³/mol. The molecule has 0 saturated carbocycles. The van der Waals surface area contributed by atoms with Gasteiger partial charge in [-0.3, -0.25) is 0 Å². The van der Waals surface area contributed by atoms with E-state index in [2.05, 4.69) is 15.3 Å². The van der Waals surface area contributed by atoms with Gasteiger partial charge in [0.1, 0.15) is 0 Å². The highest BCUT2D eigenvalue weighted by molar-refractivity contribution is 7.71. The normalized spacial score (nSPS) is 11.2. The summed E-state index contributed by atoms with van der Waals surface area (Å²) in [6.07, 6.45) is 1.76. The zero-order valence-corrected chi connectivity index (χ0v) is 13.4. The third-order valence-corrected chi connectivity index (χ3v) is 3.86. The predicted octanol–water partition coefficient (Wildman–Crippen LogP) is 4.45. The SMILES string of the molecule is Cc1ccccc1C=Nn1c(-c2ccccc2Cl)n[nH]c1=S. The summed E-state index contributed by atoms with van der Waals surface area (Å²) in [4.78, 5) is 0. The smallest absolute Gasteiger partial charge is 0.216 e. The van der Waals surface area contributed by atoms with Crippen molar-refractivity contribution >= 4 is 30.0 Å². The molecule has 4 nitrogen and oxygen atoms in total. The number of nitrogens with zero attached hydrogens (tertiary/aromatic N) is 3. The highest BCUT2D eigenvalue weighted by Crippen LogP contribution is 2.25. The summed E-state index contributed by atoms with van der Waals surface area (Å²) in [5.74, 6) is 0.584. The fourth-order valence-corrected chi connectivity index (χ4v) is 2.47. The molecule has 110 valence electrons. The van der Waals surface area contributed by atoms with Gasteiger partial charge in [-0.1, -0.05) is 48.0 Å². The Kier molecular flexibility index (Phi) is 4.18. The molecule has 0 aliphatic heterocycles. The summed E-state index contributed by atoms with van der Waals surface area (Å²) in [6.45, 7) is 2.03. The molecule has 1 aromatic heterocycles. The Labute approximate surface area is 138 Å². The number of H-pyrrole nitrogens is 1.